The lowest BCUT2D eigenvalue weighted by Gasteiger charge is -2.32. The lowest BCUT2D eigenvalue weighted by Crippen LogP contribution is -2.37. The van der Waals surface area contributed by atoms with Gasteiger partial charge in [0.1, 0.15) is 10.7 Å². The summed E-state index contributed by atoms with van der Waals surface area (Å²) in [5.41, 5.74) is 1.06. The number of nitrogens with one attached hydrogen (secondary N) is 1. The zero-order valence-corrected chi connectivity index (χ0v) is 17.6. The summed E-state index contributed by atoms with van der Waals surface area (Å²) in [6.45, 7) is 0.274. The van der Waals surface area contributed by atoms with Crippen LogP contribution < -0.4 is 10.2 Å². The lowest BCUT2D eigenvalue weighted by molar-refractivity contribution is -0.137. The van der Waals surface area contributed by atoms with Gasteiger partial charge in [-0.25, -0.2) is 10.2 Å². The quantitative estimate of drug-likeness (QED) is 0.426. The maximum Gasteiger partial charge on any atom is 0.418 e. The fourth-order valence-electron chi connectivity index (χ4n) is 3.85. The summed E-state index contributed by atoms with van der Waals surface area (Å²) < 4.78 is 41.8. The average Bonchev–Trinajstić information content (AvgIpc) is 2.79. The van der Waals surface area contributed by atoms with Crippen molar-refractivity contribution in [3.05, 3.63) is 52.8 Å². The van der Waals surface area contributed by atoms with Crippen LogP contribution in [0.3, 0.4) is 0 Å². The Morgan fingerprint density at radius 1 is 1.22 bits per heavy atom. The first-order valence-electron chi connectivity index (χ1n) is 9.98. The summed E-state index contributed by atoms with van der Waals surface area (Å²) in [5.74, 6) is 2.19. The summed E-state index contributed by atoms with van der Waals surface area (Å²) >= 11 is 6.00. The molecule has 1 saturated heterocycles. The standard InChI is InChI=1S/C21H18BClF3N5O/c23-18-4-2-16-20(30-18)19(13(11-32)10-28-16)29-14-1-3-17(15(9-14)21(24,25)26)31-7-5-22(12-27)6-8-31/h1-4,9-10,32H,5-8,11H2,(H,28,29). The van der Waals surface area contributed by atoms with Crippen molar-refractivity contribution in [2.45, 2.75) is 25.4 Å². The van der Waals surface area contributed by atoms with Gasteiger partial charge in [-0.05, 0) is 43.0 Å². The van der Waals surface area contributed by atoms with Gasteiger partial charge in [0.15, 0.2) is 0 Å². The molecule has 6 nitrogen and oxygen atoms in total. The lowest BCUT2D eigenvalue weighted by atomic mass is 9.45. The highest BCUT2D eigenvalue weighted by molar-refractivity contribution is 6.67. The average molecular weight is 460 g/mol. The van der Waals surface area contributed by atoms with E-state index in [1.807, 2.05) is 0 Å². The van der Waals surface area contributed by atoms with E-state index in [0.29, 0.717) is 48.0 Å². The fourth-order valence-corrected chi connectivity index (χ4v) is 4.00. The molecule has 0 bridgehead atoms. The van der Waals surface area contributed by atoms with Crippen LogP contribution in [-0.4, -0.2) is 34.9 Å². The summed E-state index contributed by atoms with van der Waals surface area (Å²) in [4.78, 5) is 10.1. The molecule has 0 unspecified atom stereocenters. The first-order chi connectivity index (χ1) is 15.3. The number of nitrogens with zero attached hydrogens (tertiary/aromatic N) is 4. The molecule has 0 radical (unpaired) electrons. The molecule has 32 heavy (non-hydrogen) atoms. The number of pyridine rings is 2. The van der Waals surface area contributed by atoms with E-state index in [-0.39, 0.29) is 29.8 Å². The van der Waals surface area contributed by atoms with E-state index >= 15 is 0 Å². The Morgan fingerprint density at radius 2 is 1.97 bits per heavy atom. The third-order valence-electron chi connectivity index (χ3n) is 5.52. The SMILES string of the molecule is N#CB1CCN(c2ccc(Nc3c(CO)cnc4ccc(Cl)nc34)cc2C(F)(F)F)CC1. The number of aliphatic hydroxyl groups excluding tert-OH is 1. The summed E-state index contributed by atoms with van der Waals surface area (Å²) in [7, 11) is 0. The first kappa shape index (κ1) is 22.2. The number of hydrogen-bond donors (Lipinski definition) is 2. The second-order valence-corrected chi connectivity index (χ2v) is 7.95. The molecule has 11 heteroatoms. The van der Waals surface area contributed by atoms with Gasteiger partial charge in [0.25, 0.3) is 6.71 Å². The van der Waals surface area contributed by atoms with Crippen molar-refractivity contribution >= 4 is 46.4 Å². The number of fused-ring (bicyclic) bond motifs is 1. The van der Waals surface area contributed by atoms with Crippen LogP contribution >= 0.6 is 11.6 Å². The number of hydrogen-bond acceptors (Lipinski definition) is 6. The van der Waals surface area contributed by atoms with E-state index in [9.17, 15) is 18.3 Å². The molecule has 3 heterocycles. The van der Waals surface area contributed by atoms with Gasteiger partial charge in [-0.2, -0.15) is 13.2 Å². The van der Waals surface area contributed by atoms with Gasteiger partial charge in [-0.1, -0.05) is 11.6 Å². The molecule has 0 spiro atoms. The molecule has 2 aromatic heterocycles. The maximum atomic E-state index is 13.9. The Morgan fingerprint density at radius 3 is 2.62 bits per heavy atom. The molecule has 0 atom stereocenters. The number of nitriles is 1. The Labute approximate surface area is 187 Å². The molecule has 164 valence electrons. The number of aromatic nitrogens is 2. The van der Waals surface area contributed by atoms with E-state index in [1.165, 1.54) is 12.3 Å². The van der Waals surface area contributed by atoms with Crippen LogP contribution in [0.4, 0.5) is 30.2 Å². The highest BCUT2D eigenvalue weighted by Crippen LogP contribution is 2.40. The van der Waals surface area contributed by atoms with Crippen LogP contribution in [0.2, 0.25) is 17.8 Å². The Kier molecular flexibility index (Phi) is 6.13. The molecule has 1 aliphatic heterocycles. The van der Waals surface area contributed by atoms with Crippen molar-refractivity contribution in [2.24, 2.45) is 0 Å². The topological polar surface area (TPSA) is 85.1 Å². The van der Waals surface area contributed by atoms with Crippen LogP contribution in [0.1, 0.15) is 11.1 Å². The Bertz CT molecular complexity index is 1190. The van der Waals surface area contributed by atoms with Gasteiger partial charge in [0, 0.05) is 42.2 Å². The van der Waals surface area contributed by atoms with Crippen LogP contribution in [-0.2, 0) is 12.8 Å². The van der Waals surface area contributed by atoms with E-state index in [0.717, 1.165) is 6.07 Å². The minimum atomic E-state index is -4.57. The minimum absolute atomic E-state index is 0.0857. The molecule has 1 aromatic carbocycles. The molecule has 1 aliphatic rings. The Balaban J connectivity index is 1.73. The minimum Gasteiger partial charge on any atom is -0.392 e. The number of anilines is 3. The molecule has 4 rings (SSSR count). The number of halogens is 4. The van der Waals surface area contributed by atoms with Crippen molar-refractivity contribution in [1.82, 2.24) is 9.97 Å². The largest absolute Gasteiger partial charge is 0.418 e. The molecule has 2 N–H and O–H groups in total. The van der Waals surface area contributed by atoms with Crippen LogP contribution in [0, 0.1) is 11.2 Å². The highest BCUT2D eigenvalue weighted by Gasteiger charge is 2.36. The van der Waals surface area contributed by atoms with E-state index < -0.39 is 11.7 Å². The molecular weight excluding hydrogens is 442 g/mol. The number of rotatable bonds is 4. The zero-order chi connectivity index (χ0) is 22.9. The molecule has 3 aromatic rings. The van der Waals surface area contributed by atoms with Crippen molar-refractivity contribution in [3.8, 4) is 5.97 Å². The predicted octanol–water partition coefficient (Wildman–Crippen LogP) is 4.92. The second kappa shape index (κ2) is 8.84. The Hall–Kier alpha value is -3.03. The monoisotopic (exact) mass is 459 g/mol. The van der Waals surface area contributed by atoms with Gasteiger partial charge in [-0.15, -0.1) is 0 Å². The van der Waals surface area contributed by atoms with Crippen molar-refractivity contribution in [3.63, 3.8) is 0 Å². The normalized spacial score (nSPS) is 14.5. The number of aliphatic hydroxyl groups is 1. The fraction of sp³-hybridized carbons (Fsp3) is 0.286. The summed E-state index contributed by atoms with van der Waals surface area (Å²) in [5, 5.41) is 21.9. The van der Waals surface area contributed by atoms with E-state index in [4.69, 9.17) is 16.9 Å². The van der Waals surface area contributed by atoms with Crippen molar-refractivity contribution in [1.29, 1.82) is 5.26 Å². The van der Waals surface area contributed by atoms with Gasteiger partial charge in [0.2, 0.25) is 0 Å². The molecule has 0 aliphatic carbocycles. The number of benzene rings is 1. The predicted molar refractivity (Wildman–Crippen MR) is 118 cm³/mol. The molecular formula is C21H18BClF3N5O. The smallest absolute Gasteiger partial charge is 0.392 e. The van der Waals surface area contributed by atoms with Crippen molar-refractivity contribution < 1.29 is 18.3 Å². The second-order valence-electron chi connectivity index (χ2n) is 7.56. The molecule has 0 saturated carbocycles. The van der Waals surface area contributed by atoms with E-state index in [2.05, 4.69) is 21.3 Å². The van der Waals surface area contributed by atoms with Gasteiger partial charge in [0.05, 0.1) is 23.4 Å². The first-order valence-corrected chi connectivity index (χ1v) is 10.4. The summed E-state index contributed by atoms with van der Waals surface area (Å²) in [6.07, 6.45) is -2.06. The maximum absolute atomic E-state index is 13.9. The zero-order valence-electron chi connectivity index (χ0n) is 16.8. The van der Waals surface area contributed by atoms with Gasteiger partial charge < -0.3 is 15.3 Å². The van der Waals surface area contributed by atoms with Crippen LogP contribution in [0.5, 0.6) is 0 Å². The summed E-state index contributed by atoms with van der Waals surface area (Å²) in [6, 6.07) is 7.24. The number of alkyl halides is 3. The van der Waals surface area contributed by atoms with Crippen LogP contribution in [0.15, 0.2) is 36.5 Å². The van der Waals surface area contributed by atoms with Gasteiger partial charge in [-0.3, -0.25) is 4.98 Å². The van der Waals surface area contributed by atoms with Gasteiger partial charge >= 0.3 is 6.18 Å². The van der Waals surface area contributed by atoms with Crippen LogP contribution in [0.25, 0.3) is 11.0 Å². The third-order valence-corrected chi connectivity index (χ3v) is 5.73. The van der Waals surface area contributed by atoms with Crippen molar-refractivity contribution in [2.75, 3.05) is 23.3 Å². The third kappa shape index (κ3) is 4.45. The highest BCUT2D eigenvalue weighted by atomic mass is 35.5. The molecule has 0 amide bonds. The molecule has 1 fully saturated rings. The van der Waals surface area contributed by atoms with E-state index in [1.54, 1.807) is 23.1 Å².